The van der Waals surface area contributed by atoms with Crippen LogP contribution < -0.4 is 14.2 Å². The van der Waals surface area contributed by atoms with Gasteiger partial charge in [0.15, 0.2) is 11.5 Å². The Morgan fingerprint density at radius 2 is 1.63 bits per heavy atom. The normalized spacial score (nSPS) is 12.3. The van der Waals surface area contributed by atoms with Gasteiger partial charge in [0.1, 0.15) is 0 Å². The van der Waals surface area contributed by atoms with Gasteiger partial charge in [0, 0.05) is 6.54 Å². The second-order valence-corrected chi connectivity index (χ2v) is 9.90. The minimum absolute atomic E-state index is 0.0676. The minimum Gasteiger partial charge on any atom is -0.493 e. The predicted molar refractivity (Wildman–Crippen MR) is 113 cm³/mol. The second-order valence-electron chi connectivity index (χ2n) is 8.20. The first-order chi connectivity index (χ1) is 13.8. The van der Waals surface area contributed by atoms with Gasteiger partial charge < -0.3 is 9.47 Å². The Hall–Kier alpha value is -2.19. The van der Waals surface area contributed by atoms with Crippen molar-refractivity contribution in [3.63, 3.8) is 0 Å². The van der Waals surface area contributed by atoms with Crippen molar-refractivity contribution in [2.24, 2.45) is 0 Å². The van der Waals surface area contributed by atoms with E-state index in [1.54, 1.807) is 26.0 Å². The summed E-state index contributed by atoms with van der Waals surface area (Å²) in [6.07, 6.45) is 0.364. The first kappa shape index (κ1) is 24.1. The largest absolute Gasteiger partial charge is 0.493 e. The lowest BCUT2D eigenvalue weighted by molar-refractivity contribution is -0.0512. The molecule has 0 fully saturated rings. The van der Waals surface area contributed by atoms with E-state index in [0.717, 1.165) is 11.1 Å². The molecule has 0 saturated carbocycles. The maximum absolute atomic E-state index is 12.9. The van der Waals surface area contributed by atoms with Gasteiger partial charge in [0.2, 0.25) is 10.0 Å². The molecule has 166 valence electrons. The van der Waals surface area contributed by atoms with Gasteiger partial charge in [-0.1, -0.05) is 39.0 Å². The number of rotatable bonds is 8. The molecule has 0 atom stereocenters. The standard InChI is InChI=1S/C22H29F2NO4S/c1-14-11-17(22(3,4)5)12-15(2)20(14)30(26,27)25-10-9-16-7-8-18(29-21(23)24)19(13-16)28-6/h7-8,11-13,21,25H,9-10H2,1-6H3. The fraction of sp³-hybridized carbons (Fsp3) is 0.455. The number of alkyl halides is 2. The van der Waals surface area contributed by atoms with Gasteiger partial charge in [0.05, 0.1) is 12.0 Å². The van der Waals surface area contributed by atoms with Crippen LogP contribution in [0.25, 0.3) is 0 Å². The molecule has 30 heavy (non-hydrogen) atoms. The van der Waals surface area contributed by atoms with E-state index in [4.69, 9.17) is 4.74 Å². The van der Waals surface area contributed by atoms with Crippen LogP contribution in [0, 0.1) is 13.8 Å². The van der Waals surface area contributed by atoms with E-state index in [0.29, 0.717) is 17.5 Å². The van der Waals surface area contributed by atoms with Crippen molar-refractivity contribution in [3.05, 3.63) is 52.6 Å². The van der Waals surface area contributed by atoms with E-state index in [2.05, 4.69) is 30.2 Å². The monoisotopic (exact) mass is 441 g/mol. The number of halogens is 2. The van der Waals surface area contributed by atoms with Gasteiger partial charge >= 0.3 is 6.61 Å². The average molecular weight is 442 g/mol. The fourth-order valence-electron chi connectivity index (χ4n) is 3.27. The van der Waals surface area contributed by atoms with E-state index in [1.807, 2.05) is 12.1 Å². The average Bonchev–Trinajstić information content (AvgIpc) is 2.60. The zero-order valence-corrected chi connectivity index (χ0v) is 19.0. The molecule has 0 spiro atoms. The Balaban J connectivity index is 2.15. The van der Waals surface area contributed by atoms with Crippen LogP contribution >= 0.6 is 0 Å². The molecule has 0 heterocycles. The molecule has 5 nitrogen and oxygen atoms in total. The molecule has 0 bridgehead atoms. The van der Waals surface area contributed by atoms with Crippen molar-refractivity contribution in [1.29, 1.82) is 0 Å². The molecule has 0 unspecified atom stereocenters. The molecule has 2 aromatic carbocycles. The zero-order chi connectivity index (χ0) is 22.7. The van der Waals surface area contributed by atoms with Gasteiger partial charge in [-0.25, -0.2) is 13.1 Å². The van der Waals surface area contributed by atoms with E-state index < -0.39 is 16.6 Å². The summed E-state index contributed by atoms with van der Waals surface area (Å²) in [5, 5.41) is 0. The highest BCUT2D eigenvalue weighted by molar-refractivity contribution is 7.89. The third-order valence-corrected chi connectivity index (χ3v) is 6.51. The van der Waals surface area contributed by atoms with Crippen molar-refractivity contribution in [2.45, 2.75) is 58.0 Å². The van der Waals surface area contributed by atoms with E-state index in [-0.39, 0.29) is 28.4 Å². The van der Waals surface area contributed by atoms with Crippen molar-refractivity contribution < 1.29 is 26.7 Å². The van der Waals surface area contributed by atoms with E-state index in [9.17, 15) is 17.2 Å². The quantitative estimate of drug-likeness (QED) is 0.643. The minimum atomic E-state index is -3.70. The molecule has 1 N–H and O–H groups in total. The molecule has 0 aliphatic rings. The highest BCUT2D eigenvalue weighted by Gasteiger charge is 2.23. The topological polar surface area (TPSA) is 64.6 Å². The van der Waals surface area contributed by atoms with E-state index in [1.165, 1.54) is 13.2 Å². The van der Waals surface area contributed by atoms with Crippen LogP contribution in [0.5, 0.6) is 11.5 Å². The first-order valence-corrected chi connectivity index (χ1v) is 11.1. The number of hydrogen-bond donors (Lipinski definition) is 1. The summed E-state index contributed by atoms with van der Waals surface area (Å²) in [7, 11) is -2.34. The number of sulfonamides is 1. The second kappa shape index (κ2) is 9.31. The third kappa shape index (κ3) is 5.92. The maximum Gasteiger partial charge on any atom is 0.387 e. The molecule has 8 heteroatoms. The lowest BCUT2D eigenvalue weighted by Gasteiger charge is -2.22. The number of ether oxygens (including phenoxy) is 2. The highest BCUT2D eigenvalue weighted by atomic mass is 32.2. The molecule has 0 amide bonds. The summed E-state index contributed by atoms with van der Waals surface area (Å²) in [5.41, 5.74) is 3.12. The SMILES string of the molecule is COc1cc(CCNS(=O)(=O)c2c(C)cc(C(C)(C)C)cc2C)ccc1OC(F)F. The lowest BCUT2D eigenvalue weighted by atomic mass is 9.85. The van der Waals surface area contributed by atoms with Crippen LogP contribution in [0.4, 0.5) is 8.78 Å². The number of methoxy groups -OCH3 is 1. The summed E-state index contributed by atoms with van der Waals surface area (Å²) in [6, 6.07) is 8.36. The lowest BCUT2D eigenvalue weighted by Crippen LogP contribution is -2.27. The molecule has 0 aliphatic heterocycles. The van der Waals surface area contributed by atoms with Crippen molar-refractivity contribution in [2.75, 3.05) is 13.7 Å². The number of benzene rings is 2. The first-order valence-electron chi connectivity index (χ1n) is 9.58. The molecule has 0 radical (unpaired) electrons. The van der Waals surface area contributed by atoms with Gasteiger partial charge in [0.25, 0.3) is 0 Å². The summed E-state index contributed by atoms with van der Waals surface area (Å²) in [6.45, 7) is 7.04. The van der Waals surface area contributed by atoms with Crippen LogP contribution in [-0.4, -0.2) is 28.7 Å². The van der Waals surface area contributed by atoms with Crippen LogP contribution in [0.1, 0.15) is 43.0 Å². The van der Waals surface area contributed by atoms with Gasteiger partial charge in [-0.2, -0.15) is 8.78 Å². The smallest absolute Gasteiger partial charge is 0.387 e. The maximum atomic E-state index is 12.9. The van der Waals surface area contributed by atoms with Gasteiger partial charge in [-0.05, 0) is 60.1 Å². The van der Waals surface area contributed by atoms with Gasteiger partial charge in [-0.3, -0.25) is 0 Å². The molecule has 0 aliphatic carbocycles. The Morgan fingerprint density at radius 1 is 1.03 bits per heavy atom. The molecule has 2 rings (SSSR count). The van der Waals surface area contributed by atoms with Crippen LogP contribution in [-0.2, 0) is 21.9 Å². The third-order valence-electron chi connectivity index (χ3n) is 4.74. The summed E-state index contributed by atoms with van der Waals surface area (Å²) in [5.74, 6) is 0.0992. The van der Waals surface area contributed by atoms with Crippen molar-refractivity contribution >= 4 is 10.0 Å². The van der Waals surface area contributed by atoms with Crippen LogP contribution in [0.2, 0.25) is 0 Å². The van der Waals surface area contributed by atoms with Crippen molar-refractivity contribution in [3.8, 4) is 11.5 Å². The Labute approximate surface area is 177 Å². The summed E-state index contributed by atoms with van der Waals surface area (Å²) in [4.78, 5) is 0.286. The Bertz CT molecular complexity index is 976. The molecular weight excluding hydrogens is 412 g/mol. The van der Waals surface area contributed by atoms with Crippen LogP contribution in [0.15, 0.2) is 35.2 Å². The number of hydrogen-bond acceptors (Lipinski definition) is 4. The summed E-state index contributed by atoms with van der Waals surface area (Å²) >= 11 is 0. The van der Waals surface area contributed by atoms with Gasteiger partial charge in [-0.15, -0.1) is 0 Å². The molecule has 0 saturated heterocycles. The van der Waals surface area contributed by atoms with Crippen molar-refractivity contribution in [1.82, 2.24) is 4.72 Å². The highest BCUT2D eigenvalue weighted by Crippen LogP contribution is 2.30. The number of nitrogens with one attached hydrogen (secondary N) is 1. The fourth-order valence-corrected chi connectivity index (χ4v) is 4.75. The zero-order valence-electron chi connectivity index (χ0n) is 18.2. The van der Waals surface area contributed by atoms with Crippen LogP contribution in [0.3, 0.4) is 0 Å². The van der Waals surface area contributed by atoms with E-state index >= 15 is 0 Å². The predicted octanol–water partition coefficient (Wildman–Crippen LogP) is 4.73. The number of aryl methyl sites for hydroxylation is 2. The molecular formula is C22H29F2NO4S. The Morgan fingerprint density at radius 3 is 2.13 bits per heavy atom. The molecule has 2 aromatic rings. The molecule has 0 aromatic heterocycles. The summed E-state index contributed by atoms with van der Waals surface area (Å²) < 4.78 is 62.7. The Kier molecular flexibility index (Phi) is 7.47.